The van der Waals surface area contributed by atoms with Gasteiger partial charge in [0.15, 0.2) is 0 Å². The molecule has 0 aromatic carbocycles. The van der Waals surface area contributed by atoms with E-state index in [-0.39, 0.29) is 6.10 Å². The normalized spacial score (nSPS) is 19.0. The van der Waals surface area contributed by atoms with E-state index in [0.717, 1.165) is 37.0 Å². The molecular weight excluding hydrogens is 202 g/mol. The smallest absolute Gasteiger partial charge is 0.138 e. The van der Waals surface area contributed by atoms with Crippen molar-refractivity contribution in [2.75, 3.05) is 0 Å². The molecular formula is C13H19NO2. The molecule has 0 spiro atoms. The van der Waals surface area contributed by atoms with Gasteiger partial charge in [0.05, 0.1) is 17.9 Å². The first-order valence-corrected chi connectivity index (χ1v) is 5.95. The van der Waals surface area contributed by atoms with Crippen molar-refractivity contribution in [2.45, 2.75) is 51.2 Å². The SMILES string of the molecule is CC(C)Oc1cncc(C2(O)CCCC2)c1. The number of nitrogens with zero attached hydrogens (tertiary/aromatic N) is 1. The zero-order chi connectivity index (χ0) is 11.6. The minimum atomic E-state index is -0.677. The summed E-state index contributed by atoms with van der Waals surface area (Å²) < 4.78 is 5.59. The Hall–Kier alpha value is -1.09. The fourth-order valence-electron chi connectivity index (χ4n) is 2.26. The molecule has 0 unspecified atom stereocenters. The summed E-state index contributed by atoms with van der Waals surface area (Å²) in [6.45, 7) is 3.97. The maximum Gasteiger partial charge on any atom is 0.138 e. The number of hydrogen-bond acceptors (Lipinski definition) is 3. The van der Waals surface area contributed by atoms with E-state index in [2.05, 4.69) is 4.98 Å². The lowest BCUT2D eigenvalue weighted by Crippen LogP contribution is -2.21. The van der Waals surface area contributed by atoms with Gasteiger partial charge in [-0.2, -0.15) is 0 Å². The summed E-state index contributed by atoms with van der Waals surface area (Å²) in [6, 6.07) is 1.92. The molecule has 1 aromatic rings. The molecule has 0 amide bonds. The second-order valence-corrected chi connectivity index (χ2v) is 4.81. The van der Waals surface area contributed by atoms with Crippen molar-refractivity contribution in [3.63, 3.8) is 0 Å². The molecule has 0 radical (unpaired) electrons. The van der Waals surface area contributed by atoms with Crippen LogP contribution in [0.1, 0.15) is 45.1 Å². The minimum absolute atomic E-state index is 0.135. The highest BCUT2D eigenvalue weighted by atomic mass is 16.5. The van der Waals surface area contributed by atoms with Crippen LogP contribution in [0, 0.1) is 0 Å². The minimum Gasteiger partial charge on any atom is -0.489 e. The number of aliphatic hydroxyl groups is 1. The Balaban J connectivity index is 2.21. The fraction of sp³-hybridized carbons (Fsp3) is 0.615. The predicted molar refractivity (Wildman–Crippen MR) is 62.4 cm³/mol. The van der Waals surface area contributed by atoms with Gasteiger partial charge in [-0.3, -0.25) is 4.98 Å². The first-order chi connectivity index (χ1) is 7.60. The number of pyridine rings is 1. The summed E-state index contributed by atoms with van der Waals surface area (Å²) in [5, 5.41) is 10.4. The maximum atomic E-state index is 10.4. The van der Waals surface area contributed by atoms with Crippen molar-refractivity contribution in [3.05, 3.63) is 24.0 Å². The van der Waals surface area contributed by atoms with Crippen LogP contribution < -0.4 is 4.74 Å². The molecule has 0 atom stereocenters. The first kappa shape index (κ1) is 11.4. The summed E-state index contributed by atoms with van der Waals surface area (Å²) in [6.07, 6.45) is 7.42. The molecule has 1 heterocycles. The largest absolute Gasteiger partial charge is 0.489 e. The van der Waals surface area contributed by atoms with Crippen LogP contribution in [0.3, 0.4) is 0 Å². The highest BCUT2D eigenvalue weighted by Crippen LogP contribution is 2.39. The summed E-state index contributed by atoms with van der Waals surface area (Å²) >= 11 is 0. The van der Waals surface area contributed by atoms with Crippen LogP contribution in [0.25, 0.3) is 0 Å². The molecule has 1 fully saturated rings. The van der Waals surface area contributed by atoms with Gasteiger partial charge in [-0.25, -0.2) is 0 Å². The van der Waals surface area contributed by atoms with Crippen LogP contribution in [0.15, 0.2) is 18.5 Å². The molecule has 3 heteroatoms. The molecule has 1 saturated carbocycles. The zero-order valence-corrected chi connectivity index (χ0v) is 9.94. The third-order valence-corrected chi connectivity index (χ3v) is 3.05. The van der Waals surface area contributed by atoms with Gasteiger partial charge in [-0.1, -0.05) is 12.8 Å². The molecule has 1 aliphatic carbocycles. The molecule has 1 N–H and O–H groups in total. The highest BCUT2D eigenvalue weighted by molar-refractivity contribution is 5.28. The molecule has 2 rings (SSSR count). The van der Waals surface area contributed by atoms with Gasteiger partial charge in [-0.05, 0) is 32.8 Å². The van der Waals surface area contributed by atoms with Gasteiger partial charge in [0.2, 0.25) is 0 Å². The molecule has 0 bridgehead atoms. The van der Waals surface area contributed by atoms with Crippen molar-refractivity contribution >= 4 is 0 Å². The van der Waals surface area contributed by atoms with Crippen molar-refractivity contribution in [1.82, 2.24) is 4.98 Å². The van der Waals surface area contributed by atoms with Crippen LogP contribution >= 0.6 is 0 Å². The Bertz CT molecular complexity index is 357. The summed E-state index contributed by atoms with van der Waals surface area (Å²) in [4.78, 5) is 4.14. The van der Waals surface area contributed by atoms with Crippen molar-refractivity contribution in [2.24, 2.45) is 0 Å². The Morgan fingerprint density at radius 3 is 2.62 bits per heavy atom. The van der Waals surface area contributed by atoms with Gasteiger partial charge in [-0.15, -0.1) is 0 Å². The second-order valence-electron chi connectivity index (χ2n) is 4.81. The van der Waals surface area contributed by atoms with E-state index in [0.29, 0.717) is 0 Å². The van der Waals surface area contributed by atoms with Gasteiger partial charge < -0.3 is 9.84 Å². The zero-order valence-electron chi connectivity index (χ0n) is 9.94. The Kier molecular flexibility index (Phi) is 3.15. The lowest BCUT2D eigenvalue weighted by molar-refractivity contribution is 0.0437. The Morgan fingerprint density at radius 2 is 2.00 bits per heavy atom. The van der Waals surface area contributed by atoms with Crippen molar-refractivity contribution < 1.29 is 9.84 Å². The molecule has 16 heavy (non-hydrogen) atoms. The lowest BCUT2D eigenvalue weighted by Gasteiger charge is -2.22. The van der Waals surface area contributed by atoms with Crippen molar-refractivity contribution in [3.8, 4) is 5.75 Å². The second kappa shape index (κ2) is 4.42. The topological polar surface area (TPSA) is 42.4 Å². The first-order valence-electron chi connectivity index (χ1n) is 5.95. The molecule has 0 aliphatic heterocycles. The maximum absolute atomic E-state index is 10.4. The van der Waals surface area contributed by atoms with Crippen LogP contribution in [0.2, 0.25) is 0 Å². The Labute approximate surface area is 96.5 Å². The third kappa shape index (κ3) is 2.35. The Morgan fingerprint density at radius 1 is 1.31 bits per heavy atom. The van der Waals surface area contributed by atoms with Crippen LogP contribution in [-0.2, 0) is 5.60 Å². The van der Waals surface area contributed by atoms with Gasteiger partial charge in [0.1, 0.15) is 5.75 Å². The van der Waals surface area contributed by atoms with E-state index < -0.39 is 5.60 Å². The number of rotatable bonds is 3. The van der Waals surface area contributed by atoms with E-state index in [4.69, 9.17) is 4.74 Å². The fourth-order valence-corrected chi connectivity index (χ4v) is 2.26. The third-order valence-electron chi connectivity index (χ3n) is 3.05. The average molecular weight is 221 g/mol. The molecule has 1 aromatic heterocycles. The standard InChI is InChI=1S/C13H19NO2/c1-10(2)16-12-7-11(8-14-9-12)13(15)5-3-4-6-13/h7-10,15H,3-6H2,1-2H3. The molecule has 1 aliphatic rings. The summed E-state index contributed by atoms with van der Waals surface area (Å²) in [7, 11) is 0. The van der Waals surface area contributed by atoms with E-state index in [9.17, 15) is 5.11 Å². The number of aromatic nitrogens is 1. The summed E-state index contributed by atoms with van der Waals surface area (Å²) in [5.74, 6) is 0.743. The van der Waals surface area contributed by atoms with Gasteiger partial charge >= 0.3 is 0 Å². The van der Waals surface area contributed by atoms with Gasteiger partial charge in [0, 0.05) is 11.8 Å². The van der Waals surface area contributed by atoms with Crippen LogP contribution in [0.5, 0.6) is 5.75 Å². The van der Waals surface area contributed by atoms with Gasteiger partial charge in [0.25, 0.3) is 0 Å². The van der Waals surface area contributed by atoms with E-state index in [1.807, 2.05) is 19.9 Å². The average Bonchev–Trinajstić information content (AvgIpc) is 2.66. The highest BCUT2D eigenvalue weighted by Gasteiger charge is 2.33. The molecule has 3 nitrogen and oxygen atoms in total. The lowest BCUT2D eigenvalue weighted by atomic mass is 9.94. The number of hydrogen-bond donors (Lipinski definition) is 1. The van der Waals surface area contributed by atoms with E-state index in [1.54, 1.807) is 12.4 Å². The van der Waals surface area contributed by atoms with Crippen LogP contribution in [0.4, 0.5) is 0 Å². The number of ether oxygens (including phenoxy) is 1. The van der Waals surface area contributed by atoms with Crippen LogP contribution in [-0.4, -0.2) is 16.2 Å². The van der Waals surface area contributed by atoms with E-state index >= 15 is 0 Å². The molecule has 0 saturated heterocycles. The monoisotopic (exact) mass is 221 g/mol. The molecule has 88 valence electrons. The summed E-state index contributed by atoms with van der Waals surface area (Å²) in [5.41, 5.74) is 0.215. The van der Waals surface area contributed by atoms with Crippen molar-refractivity contribution in [1.29, 1.82) is 0 Å². The predicted octanol–water partition coefficient (Wildman–Crippen LogP) is 2.63. The van der Waals surface area contributed by atoms with E-state index in [1.165, 1.54) is 0 Å². The quantitative estimate of drug-likeness (QED) is 0.853.